The Morgan fingerprint density at radius 3 is 2.93 bits per heavy atom. The van der Waals surface area contributed by atoms with Crippen LogP contribution in [0, 0.1) is 12.8 Å². The zero-order valence-electron chi connectivity index (χ0n) is 7.91. The van der Waals surface area contributed by atoms with E-state index in [0.717, 1.165) is 18.8 Å². The zero-order valence-corrected chi connectivity index (χ0v) is 7.91. The van der Waals surface area contributed by atoms with E-state index in [1.165, 1.54) is 0 Å². The summed E-state index contributed by atoms with van der Waals surface area (Å²) in [7, 11) is 0. The number of hydrogen-bond acceptors (Lipinski definition) is 5. The average molecular weight is 196 g/mol. The van der Waals surface area contributed by atoms with Crippen LogP contribution in [0.5, 0.6) is 0 Å². The van der Waals surface area contributed by atoms with Gasteiger partial charge in [-0.15, -0.1) is 0 Å². The second-order valence-corrected chi connectivity index (χ2v) is 3.37. The molecule has 2 N–H and O–H groups in total. The van der Waals surface area contributed by atoms with E-state index in [1.54, 1.807) is 6.92 Å². The van der Waals surface area contributed by atoms with Crippen molar-refractivity contribution in [3.8, 4) is 0 Å². The lowest BCUT2D eigenvalue weighted by Gasteiger charge is -2.25. The number of nitrogens with zero attached hydrogens (tertiary/aromatic N) is 2. The lowest BCUT2D eigenvalue weighted by Crippen LogP contribution is -2.50. The summed E-state index contributed by atoms with van der Waals surface area (Å²) in [5, 5.41) is 13.1. The molecule has 0 spiro atoms. The predicted octanol–water partition coefficient (Wildman–Crippen LogP) is -0.786. The molecule has 6 heteroatoms. The first-order valence-electron chi connectivity index (χ1n) is 4.54. The molecule has 0 unspecified atom stereocenters. The van der Waals surface area contributed by atoms with Gasteiger partial charge >= 0.3 is 0 Å². The van der Waals surface area contributed by atoms with Crippen molar-refractivity contribution in [3.05, 3.63) is 11.4 Å². The van der Waals surface area contributed by atoms with Crippen molar-refractivity contribution in [1.82, 2.24) is 20.9 Å². The molecule has 0 atom stereocenters. The van der Waals surface area contributed by atoms with Gasteiger partial charge in [0.2, 0.25) is 5.91 Å². The molecule has 76 valence electrons. The number of carbonyl (C=O) groups is 1. The smallest absolute Gasteiger partial charge is 0.226 e. The van der Waals surface area contributed by atoms with E-state index in [4.69, 9.17) is 0 Å². The molecule has 1 fully saturated rings. The fraction of sp³-hybridized carbons (Fsp3) is 0.625. The maximum Gasteiger partial charge on any atom is 0.226 e. The molecule has 0 saturated carbocycles. The largest absolute Gasteiger partial charge is 0.350 e. The Morgan fingerprint density at radius 2 is 2.43 bits per heavy atom. The van der Waals surface area contributed by atoms with Crippen LogP contribution in [0.4, 0.5) is 0 Å². The first kappa shape index (κ1) is 9.14. The minimum atomic E-state index is 0.0613. The fourth-order valence-corrected chi connectivity index (χ4v) is 1.20. The van der Waals surface area contributed by atoms with Gasteiger partial charge in [0.05, 0.1) is 12.5 Å². The van der Waals surface area contributed by atoms with Crippen LogP contribution >= 0.6 is 0 Å². The summed E-state index contributed by atoms with van der Waals surface area (Å²) in [5.41, 5.74) is 1.41. The van der Waals surface area contributed by atoms with Crippen LogP contribution in [-0.2, 0) is 11.3 Å². The number of rotatable bonds is 3. The van der Waals surface area contributed by atoms with Crippen LogP contribution in [0.1, 0.15) is 11.4 Å². The third-order valence-electron chi connectivity index (χ3n) is 2.33. The summed E-state index contributed by atoms with van der Waals surface area (Å²) >= 11 is 0. The second kappa shape index (κ2) is 3.75. The summed E-state index contributed by atoms with van der Waals surface area (Å²) in [5.74, 6) is 0.168. The minimum Gasteiger partial charge on any atom is -0.350 e. The van der Waals surface area contributed by atoms with Gasteiger partial charge in [-0.3, -0.25) is 4.79 Å². The Balaban J connectivity index is 1.82. The third kappa shape index (κ3) is 1.74. The molecule has 2 rings (SSSR count). The zero-order chi connectivity index (χ0) is 9.97. The van der Waals surface area contributed by atoms with Gasteiger partial charge in [-0.2, -0.15) is 0 Å². The van der Waals surface area contributed by atoms with Crippen molar-refractivity contribution in [2.24, 2.45) is 5.92 Å². The van der Waals surface area contributed by atoms with Crippen molar-refractivity contribution in [2.75, 3.05) is 13.1 Å². The van der Waals surface area contributed by atoms with Crippen LogP contribution in [-0.4, -0.2) is 29.3 Å². The predicted molar refractivity (Wildman–Crippen MR) is 47.2 cm³/mol. The number of amides is 1. The van der Waals surface area contributed by atoms with Gasteiger partial charge < -0.3 is 10.6 Å². The van der Waals surface area contributed by atoms with Crippen molar-refractivity contribution < 1.29 is 9.42 Å². The van der Waals surface area contributed by atoms with Gasteiger partial charge in [0, 0.05) is 13.1 Å². The molecule has 6 nitrogen and oxygen atoms in total. The first-order valence-corrected chi connectivity index (χ1v) is 4.54. The molecular formula is C8H12N4O2. The molecule has 0 aliphatic carbocycles. The first-order chi connectivity index (χ1) is 6.77. The van der Waals surface area contributed by atoms with Gasteiger partial charge in [0.25, 0.3) is 0 Å². The molecule has 0 aromatic carbocycles. The molecular weight excluding hydrogens is 184 g/mol. The van der Waals surface area contributed by atoms with Crippen molar-refractivity contribution in [1.29, 1.82) is 0 Å². The van der Waals surface area contributed by atoms with E-state index in [9.17, 15) is 4.79 Å². The van der Waals surface area contributed by atoms with Crippen molar-refractivity contribution in [3.63, 3.8) is 0 Å². The third-order valence-corrected chi connectivity index (χ3v) is 2.33. The topological polar surface area (TPSA) is 80.1 Å². The molecule has 14 heavy (non-hydrogen) atoms. The number of hydrogen-bond donors (Lipinski definition) is 2. The summed E-state index contributed by atoms with van der Waals surface area (Å²) in [6.07, 6.45) is 0. The van der Waals surface area contributed by atoms with Crippen LogP contribution in [0.2, 0.25) is 0 Å². The molecule has 1 aromatic rings. The Kier molecular flexibility index (Phi) is 2.45. The monoisotopic (exact) mass is 196 g/mol. The number of aryl methyl sites for hydroxylation is 1. The fourth-order valence-electron chi connectivity index (χ4n) is 1.20. The lowest BCUT2D eigenvalue weighted by molar-refractivity contribution is -0.126. The van der Waals surface area contributed by atoms with Crippen LogP contribution < -0.4 is 10.6 Å². The Morgan fingerprint density at radius 1 is 1.64 bits per heavy atom. The van der Waals surface area contributed by atoms with Crippen LogP contribution in [0.3, 0.4) is 0 Å². The van der Waals surface area contributed by atoms with Gasteiger partial charge in [0.1, 0.15) is 11.4 Å². The number of nitrogens with one attached hydrogen (secondary N) is 2. The maximum atomic E-state index is 11.4. The minimum absolute atomic E-state index is 0.0613. The average Bonchev–Trinajstić information content (AvgIpc) is 2.44. The van der Waals surface area contributed by atoms with Gasteiger partial charge in [0.15, 0.2) is 0 Å². The summed E-state index contributed by atoms with van der Waals surface area (Å²) in [6.45, 7) is 3.72. The second-order valence-electron chi connectivity index (χ2n) is 3.37. The molecule has 1 aliphatic rings. The Labute approximate surface area is 81.0 Å². The molecule has 1 aliphatic heterocycles. The highest BCUT2D eigenvalue weighted by atomic mass is 16.6. The molecule has 2 heterocycles. The standard InChI is InChI=1S/C8H12N4O2/c1-5-7(12-14-11-5)4-10-8(13)6-2-9-3-6/h6,9H,2-4H2,1H3,(H,10,13). The van der Waals surface area contributed by atoms with Crippen molar-refractivity contribution >= 4 is 5.91 Å². The number of carbonyl (C=O) groups excluding carboxylic acids is 1. The molecule has 1 aromatic heterocycles. The molecule has 0 bridgehead atoms. The highest BCUT2D eigenvalue weighted by molar-refractivity contribution is 5.79. The van der Waals surface area contributed by atoms with E-state index in [-0.39, 0.29) is 11.8 Å². The summed E-state index contributed by atoms with van der Waals surface area (Å²) in [6, 6.07) is 0. The molecule has 0 radical (unpaired) electrons. The molecule has 1 saturated heterocycles. The molecule has 1 amide bonds. The highest BCUT2D eigenvalue weighted by Gasteiger charge is 2.24. The van der Waals surface area contributed by atoms with E-state index < -0.39 is 0 Å². The highest BCUT2D eigenvalue weighted by Crippen LogP contribution is 2.04. The van der Waals surface area contributed by atoms with Crippen LogP contribution in [0.15, 0.2) is 4.63 Å². The Bertz CT molecular complexity index is 332. The quantitative estimate of drug-likeness (QED) is 0.662. The normalized spacial score (nSPS) is 16.4. The van der Waals surface area contributed by atoms with E-state index >= 15 is 0 Å². The van der Waals surface area contributed by atoms with Gasteiger partial charge in [-0.25, -0.2) is 4.63 Å². The lowest BCUT2D eigenvalue weighted by atomic mass is 10.0. The number of aromatic nitrogens is 2. The summed E-state index contributed by atoms with van der Waals surface area (Å²) < 4.78 is 4.51. The van der Waals surface area contributed by atoms with E-state index in [1.807, 2.05) is 0 Å². The summed E-state index contributed by atoms with van der Waals surface area (Å²) in [4.78, 5) is 11.4. The SMILES string of the molecule is Cc1nonc1CNC(=O)C1CNC1. The Hall–Kier alpha value is -1.43. The van der Waals surface area contributed by atoms with Crippen molar-refractivity contribution in [2.45, 2.75) is 13.5 Å². The maximum absolute atomic E-state index is 11.4. The van der Waals surface area contributed by atoms with E-state index in [0.29, 0.717) is 12.2 Å². The van der Waals surface area contributed by atoms with Gasteiger partial charge in [-0.05, 0) is 6.92 Å². The van der Waals surface area contributed by atoms with Crippen LogP contribution in [0.25, 0.3) is 0 Å². The van der Waals surface area contributed by atoms with E-state index in [2.05, 4.69) is 25.6 Å². The van der Waals surface area contributed by atoms with Gasteiger partial charge in [-0.1, -0.05) is 10.3 Å².